The van der Waals surface area contributed by atoms with Crippen molar-refractivity contribution in [2.75, 3.05) is 20.3 Å². The summed E-state index contributed by atoms with van der Waals surface area (Å²) in [4.78, 5) is 15.0. The van der Waals surface area contributed by atoms with Crippen LogP contribution in [-0.4, -0.2) is 31.3 Å². The summed E-state index contributed by atoms with van der Waals surface area (Å²) < 4.78 is 15.1. The third-order valence-corrected chi connectivity index (χ3v) is 2.03. The van der Waals surface area contributed by atoms with Crippen LogP contribution in [0, 0.1) is 0 Å². The Balaban J connectivity index is 2.17. The number of hydrogen-bond acceptors (Lipinski definition) is 5. The molecule has 1 aromatic rings. The number of carbonyl (C=O) groups is 1. The average molecular weight is 221 g/mol. The molecule has 1 aliphatic heterocycles. The van der Waals surface area contributed by atoms with Gasteiger partial charge >= 0.3 is 5.97 Å². The van der Waals surface area contributed by atoms with Crippen LogP contribution >= 0.6 is 0 Å². The van der Waals surface area contributed by atoms with Crippen LogP contribution in [0.5, 0.6) is 11.6 Å². The Morgan fingerprint density at radius 2 is 2.31 bits per heavy atom. The molecule has 2 heterocycles. The molecule has 16 heavy (non-hydrogen) atoms. The van der Waals surface area contributed by atoms with Gasteiger partial charge in [-0.15, -0.1) is 0 Å². The second kappa shape index (κ2) is 4.65. The molecule has 2 rings (SSSR count). The van der Waals surface area contributed by atoms with Crippen molar-refractivity contribution >= 4 is 12.0 Å². The number of hydrogen-bond donors (Lipinski definition) is 0. The average Bonchev–Trinajstić information content (AvgIpc) is 2.35. The van der Waals surface area contributed by atoms with Gasteiger partial charge in [0.25, 0.3) is 5.88 Å². The van der Waals surface area contributed by atoms with Gasteiger partial charge in [0.05, 0.1) is 7.11 Å². The second-order valence-corrected chi connectivity index (χ2v) is 3.13. The van der Waals surface area contributed by atoms with Gasteiger partial charge in [-0.25, -0.2) is 9.78 Å². The van der Waals surface area contributed by atoms with E-state index in [0.29, 0.717) is 24.8 Å². The highest BCUT2D eigenvalue weighted by atomic mass is 16.6. The molecule has 5 heteroatoms. The Hall–Kier alpha value is -2.04. The number of aromatic nitrogens is 1. The molecular formula is C11H11NO4. The van der Waals surface area contributed by atoms with Gasteiger partial charge in [0, 0.05) is 12.3 Å². The minimum absolute atomic E-state index is 0.408. The van der Waals surface area contributed by atoms with E-state index in [2.05, 4.69) is 9.72 Å². The highest BCUT2D eigenvalue weighted by molar-refractivity contribution is 5.86. The number of rotatable bonds is 2. The number of fused-ring (bicyclic) bond motifs is 1. The molecule has 0 saturated heterocycles. The summed E-state index contributed by atoms with van der Waals surface area (Å²) in [6, 6.07) is 1.76. The van der Waals surface area contributed by atoms with Gasteiger partial charge in [-0.05, 0) is 17.7 Å². The Labute approximate surface area is 92.6 Å². The zero-order valence-corrected chi connectivity index (χ0v) is 8.80. The topological polar surface area (TPSA) is 57.7 Å². The first-order chi connectivity index (χ1) is 7.79. The summed E-state index contributed by atoms with van der Waals surface area (Å²) in [5, 5.41) is 0. The minimum atomic E-state index is -0.408. The molecule has 0 radical (unpaired) electrons. The standard InChI is InChI=1S/C11H11NO4/c1-14-10(13)3-2-8-6-9-11(12-7-8)16-5-4-15-9/h2-3,6-7H,4-5H2,1H3. The first-order valence-electron chi connectivity index (χ1n) is 4.81. The van der Waals surface area contributed by atoms with Crippen molar-refractivity contribution in [3.8, 4) is 11.6 Å². The second-order valence-electron chi connectivity index (χ2n) is 3.13. The monoisotopic (exact) mass is 221 g/mol. The Morgan fingerprint density at radius 1 is 1.50 bits per heavy atom. The van der Waals surface area contributed by atoms with Crippen molar-refractivity contribution in [1.29, 1.82) is 0 Å². The molecular weight excluding hydrogens is 210 g/mol. The summed E-state index contributed by atoms with van der Waals surface area (Å²) in [6.07, 6.45) is 4.54. The van der Waals surface area contributed by atoms with Gasteiger partial charge in [-0.1, -0.05) is 0 Å². The maximum absolute atomic E-state index is 10.9. The molecule has 0 amide bonds. The third-order valence-electron chi connectivity index (χ3n) is 2.03. The molecule has 0 saturated carbocycles. The summed E-state index contributed by atoms with van der Waals surface area (Å²) in [5.74, 6) is 0.676. The van der Waals surface area contributed by atoms with E-state index in [0.717, 1.165) is 5.56 Å². The molecule has 1 aromatic heterocycles. The van der Waals surface area contributed by atoms with Gasteiger partial charge in [-0.3, -0.25) is 0 Å². The summed E-state index contributed by atoms with van der Waals surface area (Å²) in [6.45, 7) is 1.02. The number of nitrogens with zero attached hydrogens (tertiary/aromatic N) is 1. The molecule has 0 unspecified atom stereocenters. The zero-order valence-electron chi connectivity index (χ0n) is 8.80. The smallest absolute Gasteiger partial charge is 0.330 e. The highest BCUT2D eigenvalue weighted by Gasteiger charge is 2.12. The number of ether oxygens (including phenoxy) is 3. The lowest BCUT2D eigenvalue weighted by molar-refractivity contribution is -0.134. The fourth-order valence-electron chi connectivity index (χ4n) is 1.27. The summed E-state index contributed by atoms with van der Waals surface area (Å²) >= 11 is 0. The number of pyridine rings is 1. The van der Waals surface area contributed by atoms with E-state index in [-0.39, 0.29) is 0 Å². The number of esters is 1. The predicted molar refractivity (Wildman–Crippen MR) is 56.3 cm³/mol. The fraction of sp³-hybridized carbons (Fsp3) is 0.273. The van der Waals surface area contributed by atoms with Crippen LogP contribution < -0.4 is 9.47 Å². The van der Waals surface area contributed by atoms with E-state index in [1.165, 1.54) is 13.2 Å². The Kier molecular flexibility index (Phi) is 3.05. The molecule has 0 spiro atoms. The van der Waals surface area contributed by atoms with Gasteiger partial charge in [0.2, 0.25) is 0 Å². The van der Waals surface area contributed by atoms with E-state index < -0.39 is 5.97 Å². The maximum atomic E-state index is 10.9. The molecule has 1 aliphatic rings. The van der Waals surface area contributed by atoms with E-state index in [4.69, 9.17) is 9.47 Å². The van der Waals surface area contributed by atoms with E-state index >= 15 is 0 Å². The van der Waals surface area contributed by atoms with Crippen LogP contribution in [0.25, 0.3) is 6.08 Å². The molecule has 0 aliphatic carbocycles. The maximum Gasteiger partial charge on any atom is 0.330 e. The van der Waals surface area contributed by atoms with Gasteiger partial charge < -0.3 is 14.2 Å². The predicted octanol–water partition coefficient (Wildman–Crippen LogP) is 1.04. The van der Waals surface area contributed by atoms with Crippen LogP contribution in [0.3, 0.4) is 0 Å². The van der Waals surface area contributed by atoms with Crippen molar-refractivity contribution in [1.82, 2.24) is 4.98 Å². The fourth-order valence-corrected chi connectivity index (χ4v) is 1.27. The van der Waals surface area contributed by atoms with Crippen LogP contribution in [0.2, 0.25) is 0 Å². The lowest BCUT2D eigenvalue weighted by Crippen LogP contribution is -2.16. The normalized spacial score (nSPS) is 13.8. The van der Waals surface area contributed by atoms with Crippen molar-refractivity contribution in [3.63, 3.8) is 0 Å². The number of carbonyl (C=O) groups excluding carboxylic acids is 1. The lowest BCUT2D eigenvalue weighted by atomic mass is 10.2. The van der Waals surface area contributed by atoms with Crippen LogP contribution in [-0.2, 0) is 9.53 Å². The SMILES string of the molecule is COC(=O)C=Cc1cnc2c(c1)OCCO2. The van der Waals surface area contributed by atoms with Crippen LogP contribution in [0.1, 0.15) is 5.56 Å². The highest BCUT2D eigenvalue weighted by Crippen LogP contribution is 2.28. The van der Waals surface area contributed by atoms with Gasteiger partial charge in [0.15, 0.2) is 5.75 Å². The first-order valence-corrected chi connectivity index (χ1v) is 4.81. The first kappa shape index (κ1) is 10.5. The largest absolute Gasteiger partial charge is 0.484 e. The molecule has 0 N–H and O–H groups in total. The van der Waals surface area contributed by atoms with E-state index in [1.54, 1.807) is 18.3 Å². The number of methoxy groups -OCH3 is 1. The van der Waals surface area contributed by atoms with Gasteiger partial charge in [-0.2, -0.15) is 0 Å². The van der Waals surface area contributed by atoms with Crippen molar-refractivity contribution in [2.45, 2.75) is 0 Å². The minimum Gasteiger partial charge on any atom is -0.484 e. The Bertz CT molecular complexity index is 428. The van der Waals surface area contributed by atoms with E-state index in [1.807, 2.05) is 0 Å². The van der Waals surface area contributed by atoms with Crippen molar-refractivity contribution in [3.05, 3.63) is 23.9 Å². The van der Waals surface area contributed by atoms with E-state index in [9.17, 15) is 4.79 Å². The molecule has 0 bridgehead atoms. The molecule has 5 nitrogen and oxygen atoms in total. The van der Waals surface area contributed by atoms with Crippen molar-refractivity contribution < 1.29 is 19.0 Å². The summed E-state index contributed by atoms with van der Waals surface area (Å²) in [5.41, 5.74) is 0.759. The summed E-state index contributed by atoms with van der Waals surface area (Å²) in [7, 11) is 1.33. The lowest BCUT2D eigenvalue weighted by Gasteiger charge is -2.16. The Morgan fingerprint density at radius 3 is 3.12 bits per heavy atom. The molecule has 0 atom stereocenters. The van der Waals surface area contributed by atoms with Crippen LogP contribution in [0.15, 0.2) is 18.3 Å². The molecule has 0 fully saturated rings. The molecule has 0 aromatic carbocycles. The van der Waals surface area contributed by atoms with Crippen LogP contribution in [0.4, 0.5) is 0 Å². The quantitative estimate of drug-likeness (QED) is 0.551. The van der Waals surface area contributed by atoms with Crippen molar-refractivity contribution in [2.24, 2.45) is 0 Å². The molecule has 84 valence electrons. The van der Waals surface area contributed by atoms with Gasteiger partial charge in [0.1, 0.15) is 13.2 Å². The zero-order chi connectivity index (χ0) is 11.4. The third kappa shape index (κ3) is 2.31.